The zero-order valence-electron chi connectivity index (χ0n) is 12.6. The molecule has 0 bridgehead atoms. The average Bonchev–Trinajstić information content (AvgIpc) is 3.03. The molecule has 0 aromatic heterocycles. The molecule has 3 N–H and O–H groups in total. The first-order valence-electron chi connectivity index (χ1n) is 7.53. The van der Waals surface area contributed by atoms with Crippen LogP contribution in [0.15, 0.2) is 41.3 Å². The number of carbonyl (C=O) groups is 1. The monoisotopic (exact) mass is 302 g/mol. The van der Waals surface area contributed by atoms with Gasteiger partial charge >= 0.3 is 5.97 Å². The Kier molecular flexibility index (Phi) is 6.09. The number of carboxylic acids is 1. The van der Waals surface area contributed by atoms with Crippen molar-refractivity contribution in [2.45, 2.75) is 25.7 Å². The summed E-state index contributed by atoms with van der Waals surface area (Å²) in [5.41, 5.74) is 9.27. The number of anilines is 1. The highest BCUT2D eigenvalue weighted by molar-refractivity contribution is 5.70. The van der Waals surface area contributed by atoms with E-state index in [9.17, 15) is 4.79 Å². The van der Waals surface area contributed by atoms with E-state index in [-0.39, 0.29) is 12.1 Å². The summed E-state index contributed by atoms with van der Waals surface area (Å²) in [7, 11) is 0. The van der Waals surface area contributed by atoms with Gasteiger partial charge in [-0.1, -0.05) is 12.1 Å². The van der Waals surface area contributed by atoms with Crippen molar-refractivity contribution in [3.8, 4) is 0 Å². The number of carboxylic acid groups (broad SMARTS) is 1. The predicted molar refractivity (Wildman–Crippen MR) is 84.9 cm³/mol. The highest BCUT2D eigenvalue weighted by Crippen LogP contribution is 2.13. The van der Waals surface area contributed by atoms with E-state index in [1.807, 2.05) is 12.1 Å². The van der Waals surface area contributed by atoms with E-state index in [1.54, 1.807) is 0 Å². The van der Waals surface area contributed by atoms with Crippen LogP contribution >= 0.6 is 0 Å². The van der Waals surface area contributed by atoms with Crippen molar-refractivity contribution in [1.82, 2.24) is 4.90 Å². The highest BCUT2D eigenvalue weighted by atomic mass is 16.4. The standard InChI is InChI=1S/C16H22N4O2/c17-19-15(11-16(21)22)12-18-14-5-3-13(4-6-14)7-10-20-8-1-2-9-20/h3-6,12,17-18H,1-2,7-11H2,(H,21,22)/b15-12-,19-17?. The first kappa shape index (κ1) is 16.2. The molecule has 0 aliphatic carbocycles. The zero-order valence-corrected chi connectivity index (χ0v) is 12.6. The number of rotatable bonds is 8. The average molecular weight is 302 g/mol. The fourth-order valence-corrected chi connectivity index (χ4v) is 2.51. The minimum atomic E-state index is -0.999. The minimum Gasteiger partial charge on any atom is -0.481 e. The van der Waals surface area contributed by atoms with Gasteiger partial charge in [-0.3, -0.25) is 4.79 Å². The summed E-state index contributed by atoms with van der Waals surface area (Å²) in [6.45, 7) is 3.54. The molecule has 0 atom stereocenters. The van der Waals surface area contributed by atoms with Crippen molar-refractivity contribution < 1.29 is 9.90 Å². The largest absolute Gasteiger partial charge is 0.481 e. The van der Waals surface area contributed by atoms with Crippen molar-refractivity contribution in [2.75, 3.05) is 25.0 Å². The van der Waals surface area contributed by atoms with Crippen molar-refractivity contribution in [2.24, 2.45) is 5.11 Å². The lowest BCUT2D eigenvalue weighted by molar-refractivity contribution is -0.136. The maximum absolute atomic E-state index is 10.6. The smallest absolute Gasteiger partial charge is 0.309 e. The van der Waals surface area contributed by atoms with E-state index < -0.39 is 5.97 Å². The van der Waals surface area contributed by atoms with Gasteiger partial charge in [0.25, 0.3) is 0 Å². The first-order valence-corrected chi connectivity index (χ1v) is 7.53. The Morgan fingerprint density at radius 2 is 2.00 bits per heavy atom. The lowest BCUT2D eigenvalue weighted by Gasteiger charge is -2.14. The summed E-state index contributed by atoms with van der Waals surface area (Å²) in [5, 5.41) is 14.9. The molecule has 1 saturated heterocycles. The van der Waals surface area contributed by atoms with Crippen LogP contribution in [0.3, 0.4) is 0 Å². The van der Waals surface area contributed by atoms with Crippen molar-refractivity contribution in [3.05, 3.63) is 41.7 Å². The van der Waals surface area contributed by atoms with Crippen molar-refractivity contribution in [1.29, 1.82) is 5.53 Å². The van der Waals surface area contributed by atoms with E-state index in [2.05, 4.69) is 27.5 Å². The Morgan fingerprint density at radius 3 is 2.59 bits per heavy atom. The second-order valence-electron chi connectivity index (χ2n) is 5.46. The number of nitrogens with zero attached hydrogens (tertiary/aromatic N) is 2. The van der Waals surface area contributed by atoms with Crippen LogP contribution in [0.25, 0.3) is 0 Å². The normalized spacial score (nSPS) is 15.7. The molecule has 1 aliphatic heterocycles. The van der Waals surface area contributed by atoms with Crippen molar-refractivity contribution in [3.63, 3.8) is 0 Å². The summed E-state index contributed by atoms with van der Waals surface area (Å²) in [4.78, 5) is 13.1. The Hall–Kier alpha value is -2.21. The van der Waals surface area contributed by atoms with Crippen LogP contribution in [-0.4, -0.2) is 35.6 Å². The molecule has 1 aromatic rings. The SMILES string of the molecule is N=N/C(=C\Nc1ccc(CCN2CCCC2)cc1)CC(=O)O. The molecule has 1 aliphatic rings. The third kappa shape index (κ3) is 5.29. The van der Waals surface area contributed by atoms with E-state index in [4.69, 9.17) is 10.6 Å². The molecule has 6 nitrogen and oxygen atoms in total. The van der Waals surface area contributed by atoms with Crippen LogP contribution in [-0.2, 0) is 11.2 Å². The van der Waals surface area contributed by atoms with Gasteiger partial charge in [0.15, 0.2) is 0 Å². The molecule has 0 spiro atoms. The molecule has 118 valence electrons. The summed E-state index contributed by atoms with van der Waals surface area (Å²) in [6, 6.07) is 8.05. The van der Waals surface area contributed by atoms with Crippen LogP contribution in [0, 0.1) is 5.53 Å². The molecule has 2 rings (SSSR count). The van der Waals surface area contributed by atoms with Gasteiger partial charge in [0.05, 0.1) is 12.1 Å². The van der Waals surface area contributed by atoms with Gasteiger partial charge in [-0.25, -0.2) is 5.53 Å². The van der Waals surface area contributed by atoms with Crippen LogP contribution < -0.4 is 5.32 Å². The third-order valence-electron chi connectivity index (χ3n) is 3.75. The Morgan fingerprint density at radius 1 is 1.32 bits per heavy atom. The van der Waals surface area contributed by atoms with E-state index in [0.717, 1.165) is 18.7 Å². The second kappa shape index (κ2) is 8.29. The van der Waals surface area contributed by atoms with Gasteiger partial charge in [0, 0.05) is 18.4 Å². The quantitative estimate of drug-likeness (QED) is 0.644. The summed E-state index contributed by atoms with van der Waals surface area (Å²) < 4.78 is 0. The van der Waals surface area contributed by atoms with Crippen LogP contribution in [0.4, 0.5) is 5.69 Å². The number of likely N-dealkylation sites (tertiary alicyclic amines) is 1. The van der Waals surface area contributed by atoms with Crippen LogP contribution in [0.5, 0.6) is 0 Å². The van der Waals surface area contributed by atoms with E-state index in [1.165, 1.54) is 37.7 Å². The molecule has 1 fully saturated rings. The lowest BCUT2D eigenvalue weighted by Crippen LogP contribution is -2.21. The number of nitrogens with one attached hydrogen (secondary N) is 2. The topological polar surface area (TPSA) is 88.8 Å². The van der Waals surface area contributed by atoms with Gasteiger partial charge in [0.1, 0.15) is 0 Å². The van der Waals surface area contributed by atoms with Gasteiger partial charge < -0.3 is 15.3 Å². The molecule has 1 heterocycles. The van der Waals surface area contributed by atoms with Crippen LogP contribution in [0.2, 0.25) is 0 Å². The lowest BCUT2D eigenvalue weighted by atomic mass is 10.1. The highest BCUT2D eigenvalue weighted by Gasteiger charge is 2.10. The number of aliphatic carboxylic acids is 1. The molecule has 0 saturated carbocycles. The molecular formula is C16H22N4O2. The zero-order chi connectivity index (χ0) is 15.8. The number of hydrogen-bond acceptors (Lipinski definition) is 5. The van der Waals surface area contributed by atoms with Crippen molar-refractivity contribution >= 4 is 11.7 Å². The molecule has 0 unspecified atom stereocenters. The van der Waals surface area contributed by atoms with E-state index in [0.29, 0.717) is 0 Å². The van der Waals surface area contributed by atoms with Gasteiger partial charge in [0.2, 0.25) is 0 Å². The van der Waals surface area contributed by atoms with E-state index >= 15 is 0 Å². The van der Waals surface area contributed by atoms with Crippen LogP contribution in [0.1, 0.15) is 24.8 Å². The first-order chi connectivity index (χ1) is 10.7. The number of hydrogen-bond donors (Lipinski definition) is 3. The molecule has 0 amide bonds. The number of benzene rings is 1. The molecular weight excluding hydrogens is 280 g/mol. The fourth-order valence-electron chi connectivity index (χ4n) is 2.51. The Bertz CT molecular complexity index is 534. The summed E-state index contributed by atoms with van der Waals surface area (Å²) in [5.74, 6) is -0.999. The second-order valence-corrected chi connectivity index (χ2v) is 5.46. The molecule has 22 heavy (non-hydrogen) atoms. The summed E-state index contributed by atoms with van der Waals surface area (Å²) in [6.07, 6.45) is 4.87. The third-order valence-corrected chi connectivity index (χ3v) is 3.75. The maximum atomic E-state index is 10.6. The van der Waals surface area contributed by atoms with Gasteiger partial charge in [-0.15, -0.1) is 0 Å². The van der Waals surface area contributed by atoms with Gasteiger partial charge in [-0.05, 0) is 50.0 Å². The predicted octanol–water partition coefficient (Wildman–Crippen LogP) is 3.08. The Labute approximate surface area is 130 Å². The molecule has 0 radical (unpaired) electrons. The minimum absolute atomic E-state index is 0.186. The maximum Gasteiger partial charge on any atom is 0.309 e. The summed E-state index contributed by atoms with van der Waals surface area (Å²) >= 11 is 0. The molecule has 6 heteroatoms. The Balaban J connectivity index is 1.84. The fraction of sp³-hybridized carbons (Fsp3) is 0.438. The molecule has 1 aromatic carbocycles. The van der Waals surface area contributed by atoms with Gasteiger partial charge in [-0.2, -0.15) is 5.11 Å².